The number of benzene rings is 1. The van der Waals surface area contributed by atoms with E-state index in [1.165, 1.54) is 4.90 Å². The van der Waals surface area contributed by atoms with Crippen LogP contribution in [0.3, 0.4) is 0 Å². The average molecular weight is 278 g/mol. The molecule has 6 nitrogen and oxygen atoms in total. The molecule has 1 aromatic rings. The minimum Gasteiger partial charge on any atom is -0.480 e. The number of carboxylic acid groups (broad SMARTS) is 1. The van der Waals surface area contributed by atoms with Gasteiger partial charge in [-0.05, 0) is 18.2 Å². The minimum absolute atomic E-state index is 0.0575. The number of hydrogen-bond acceptors (Lipinski definition) is 4. The maximum atomic E-state index is 12.4. The maximum Gasteiger partial charge on any atom is 0.326 e. The highest BCUT2D eigenvalue weighted by atomic mass is 16.4. The summed E-state index contributed by atoms with van der Waals surface area (Å²) in [5.74, 6) is -1.45. The van der Waals surface area contributed by atoms with E-state index in [2.05, 4.69) is 0 Å². The van der Waals surface area contributed by atoms with Crippen LogP contribution >= 0.6 is 0 Å². The van der Waals surface area contributed by atoms with Gasteiger partial charge in [0.05, 0.1) is 6.10 Å². The summed E-state index contributed by atoms with van der Waals surface area (Å²) >= 11 is 0. The van der Waals surface area contributed by atoms with Gasteiger partial charge in [-0.2, -0.15) is 0 Å². The van der Waals surface area contributed by atoms with Crippen LogP contribution in [0.2, 0.25) is 0 Å². The van der Waals surface area contributed by atoms with Crippen LogP contribution in [0.25, 0.3) is 0 Å². The van der Waals surface area contributed by atoms with Gasteiger partial charge in [-0.1, -0.05) is 6.07 Å². The van der Waals surface area contributed by atoms with Gasteiger partial charge in [-0.3, -0.25) is 4.79 Å². The summed E-state index contributed by atoms with van der Waals surface area (Å²) in [5.41, 5.74) is 1.29. The van der Waals surface area contributed by atoms with Crippen molar-refractivity contribution in [3.05, 3.63) is 29.8 Å². The highest BCUT2D eigenvalue weighted by Gasteiger charge is 2.39. The van der Waals surface area contributed by atoms with E-state index in [0.29, 0.717) is 5.56 Å². The van der Waals surface area contributed by atoms with Gasteiger partial charge in [0.15, 0.2) is 0 Å². The van der Waals surface area contributed by atoms with E-state index in [9.17, 15) is 14.7 Å². The molecule has 0 aliphatic carbocycles. The van der Waals surface area contributed by atoms with Gasteiger partial charge < -0.3 is 20.0 Å². The van der Waals surface area contributed by atoms with Crippen LogP contribution in [-0.2, 0) is 4.79 Å². The standard InChI is InChI=1S/C14H18N2O4/c1-15(2)10-5-3-4-9(6-10)13(18)16-8-11(17)7-12(16)14(19)20/h3-6,11-12,17H,7-8H2,1-2H3,(H,19,20)/t11-,12-/m0/s1. The van der Waals surface area contributed by atoms with Crippen molar-refractivity contribution in [1.82, 2.24) is 4.90 Å². The van der Waals surface area contributed by atoms with Gasteiger partial charge in [0.25, 0.3) is 5.91 Å². The van der Waals surface area contributed by atoms with E-state index in [4.69, 9.17) is 5.11 Å². The molecule has 20 heavy (non-hydrogen) atoms. The van der Waals surface area contributed by atoms with Crippen molar-refractivity contribution in [3.63, 3.8) is 0 Å². The highest BCUT2D eigenvalue weighted by Crippen LogP contribution is 2.22. The molecule has 2 N–H and O–H groups in total. The molecule has 2 rings (SSSR count). The Morgan fingerprint density at radius 1 is 1.35 bits per heavy atom. The molecular formula is C14H18N2O4. The average Bonchev–Trinajstić information content (AvgIpc) is 2.80. The van der Waals surface area contributed by atoms with Crippen molar-refractivity contribution in [2.24, 2.45) is 0 Å². The lowest BCUT2D eigenvalue weighted by molar-refractivity contribution is -0.141. The quantitative estimate of drug-likeness (QED) is 0.837. The van der Waals surface area contributed by atoms with Crippen LogP contribution in [0.4, 0.5) is 5.69 Å². The lowest BCUT2D eigenvalue weighted by Gasteiger charge is -2.22. The van der Waals surface area contributed by atoms with E-state index in [0.717, 1.165) is 5.69 Å². The summed E-state index contributed by atoms with van der Waals surface area (Å²) in [7, 11) is 3.73. The van der Waals surface area contributed by atoms with Crippen molar-refractivity contribution in [2.75, 3.05) is 25.5 Å². The number of anilines is 1. The van der Waals surface area contributed by atoms with Gasteiger partial charge >= 0.3 is 5.97 Å². The summed E-state index contributed by atoms with van der Waals surface area (Å²) in [4.78, 5) is 26.7. The van der Waals surface area contributed by atoms with Gasteiger partial charge in [0, 0.05) is 38.3 Å². The van der Waals surface area contributed by atoms with Crippen molar-refractivity contribution < 1.29 is 19.8 Å². The summed E-state index contributed by atoms with van der Waals surface area (Å²) in [6, 6.07) is 6.03. The highest BCUT2D eigenvalue weighted by molar-refractivity contribution is 5.97. The van der Waals surface area contributed by atoms with Crippen LogP contribution < -0.4 is 4.90 Å². The number of rotatable bonds is 3. The van der Waals surface area contributed by atoms with E-state index < -0.39 is 18.1 Å². The number of carbonyl (C=O) groups is 2. The van der Waals surface area contributed by atoms with Crippen LogP contribution in [0, 0.1) is 0 Å². The molecule has 6 heteroatoms. The number of nitrogens with zero attached hydrogens (tertiary/aromatic N) is 2. The SMILES string of the molecule is CN(C)c1cccc(C(=O)N2C[C@@H](O)C[C@H]2C(=O)O)c1. The molecule has 0 aromatic heterocycles. The molecule has 1 heterocycles. The summed E-state index contributed by atoms with van der Waals surface area (Å²) in [6.07, 6.45) is -0.703. The van der Waals surface area contributed by atoms with Gasteiger partial charge in [0.1, 0.15) is 6.04 Å². The Kier molecular flexibility index (Phi) is 3.94. The zero-order valence-corrected chi connectivity index (χ0v) is 11.5. The molecule has 0 unspecified atom stereocenters. The first kappa shape index (κ1) is 14.3. The maximum absolute atomic E-state index is 12.4. The molecular weight excluding hydrogens is 260 g/mol. The second-order valence-electron chi connectivity index (χ2n) is 5.15. The van der Waals surface area contributed by atoms with Crippen LogP contribution in [0.1, 0.15) is 16.8 Å². The molecule has 0 radical (unpaired) electrons. The van der Waals surface area contributed by atoms with Crippen molar-refractivity contribution in [1.29, 1.82) is 0 Å². The zero-order chi connectivity index (χ0) is 14.9. The molecule has 1 aliphatic heterocycles. The Hall–Kier alpha value is -2.08. The third-order valence-electron chi connectivity index (χ3n) is 3.43. The number of likely N-dealkylation sites (tertiary alicyclic amines) is 1. The summed E-state index contributed by atoms with van der Waals surface area (Å²) < 4.78 is 0. The first-order valence-corrected chi connectivity index (χ1v) is 6.39. The number of amides is 1. The Balaban J connectivity index is 2.26. The smallest absolute Gasteiger partial charge is 0.326 e. The second-order valence-corrected chi connectivity index (χ2v) is 5.15. The monoisotopic (exact) mass is 278 g/mol. The summed E-state index contributed by atoms with van der Waals surface area (Å²) in [5, 5.41) is 18.7. The predicted octanol–water partition coefficient (Wildman–Crippen LogP) is 0.413. The first-order chi connectivity index (χ1) is 9.40. The number of aliphatic hydroxyl groups is 1. The van der Waals surface area contributed by atoms with E-state index in [1.807, 2.05) is 25.1 Å². The number of β-amino-alcohol motifs (C(OH)–C–C–N with tert-alkyl or cyclic N) is 1. The molecule has 1 saturated heterocycles. The molecule has 1 fully saturated rings. The zero-order valence-electron chi connectivity index (χ0n) is 11.5. The molecule has 0 spiro atoms. The number of aliphatic hydroxyl groups excluding tert-OH is 1. The third kappa shape index (κ3) is 2.75. The Bertz CT molecular complexity index is 530. The number of carbonyl (C=O) groups excluding carboxylic acids is 1. The molecule has 2 atom stereocenters. The fourth-order valence-corrected chi connectivity index (χ4v) is 2.36. The topological polar surface area (TPSA) is 81.1 Å². The largest absolute Gasteiger partial charge is 0.480 e. The third-order valence-corrected chi connectivity index (χ3v) is 3.43. The Labute approximate surface area is 117 Å². The fourth-order valence-electron chi connectivity index (χ4n) is 2.36. The van der Waals surface area contributed by atoms with Crippen LogP contribution in [0.15, 0.2) is 24.3 Å². The van der Waals surface area contributed by atoms with Gasteiger partial charge in [-0.25, -0.2) is 4.79 Å². The van der Waals surface area contributed by atoms with Gasteiger partial charge in [-0.15, -0.1) is 0 Å². The molecule has 0 bridgehead atoms. The molecule has 1 aliphatic rings. The van der Waals surface area contributed by atoms with Crippen molar-refractivity contribution >= 4 is 17.6 Å². The second kappa shape index (κ2) is 5.50. The fraction of sp³-hybridized carbons (Fsp3) is 0.429. The van der Waals surface area contributed by atoms with Crippen LogP contribution in [0.5, 0.6) is 0 Å². The van der Waals surface area contributed by atoms with E-state index >= 15 is 0 Å². The number of hydrogen-bond donors (Lipinski definition) is 2. The number of carboxylic acids is 1. The first-order valence-electron chi connectivity index (χ1n) is 6.39. The molecule has 108 valence electrons. The molecule has 1 amide bonds. The molecule has 0 saturated carbocycles. The van der Waals surface area contributed by atoms with E-state index in [-0.39, 0.29) is 18.9 Å². The number of aliphatic carboxylic acids is 1. The lowest BCUT2D eigenvalue weighted by Crippen LogP contribution is -2.40. The summed E-state index contributed by atoms with van der Waals surface area (Å²) in [6.45, 7) is 0.0575. The normalized spacial score (nSPS) is 21.9. The van der Waals surface area contributed by atoms with Crippen molar-refractivity contribution in [2.45, 2.75) is 18.6 Å². The lowest BCUT2D eigenvalue weighted by atomic mass is 10.1. The van der Waals surface area contributed by atoms with Gasteiger partial charge in [0.2, 0.25) is 0 Å². The van der Waals surface area contributed by atoms with E-state index in [1.54, 1.807) is 18.2 Å². The molecule has 1 aromatic carbocycles. The Morgan fingerprint density at radius 2 is 2.05 bits per heavy atom. The predicted molar refractivity (Wildman–Crippen MR) is 73.9 cm³/mol. The minimum atomic E-state index is -1.08. The van der Waals surface area contributed by atoms with Crippen LogP contribution in [-0.4, -0.2) is 59.8 Å². The Morgan fingerprint density at radius 3 is 2.65 bits per heavy atom. The van der Waals surface area contributed by atoms with Crippen molar-refractivity contribution in [3.8, 4) is 0 Å².